The molecular formula is C20H22N4OS. The van der Waals surface area contributed by atoms with Gasteiger partial charge in [-0.2, -0.15) is 10.2 Å². The highest BCUT2D eigenvalue weighted by Crippen LogP contribution is 2.37. The van der Waals surface area contributed by atoms with Crippen molar-refractivity contribution in [1.82, 2.24) is 14.9 Å². The molecule has 0 spiro atoms. The Morgan fingerprint density at radius 1 is 1.15 bits per heavy atom. The summed E-state index contributed by atoms with van der Waals surface area (Å²) in [7, 11) is 0. The minimum atomic E-state index is 0.495. The molecule has 0 saturated carbocycles. The molecule has 0 aliphatic rings. The van der Waals surface area contributed by atoms with Crippen LogP contribution in [0.5, 0.6) is 11.6 Å². The Kier molecular flexibility index (Phi) is 5.50. The average molecular weight is 366 g/mol. The van der Waals surface area contributed by atoms with Gasteiger partial charge in [0.15, 0.2) is 0 Å². The quantitative estimate of drug-likeness (QED) is 0.626. The highest BCUT2D eigenvalue weighted by atomic mass is 32.1. The van der Waals surface area contributed by atoms with Gasteiger partial charge < -0.3 is 4.74 Å². The first-order valence-electron chi connectivity index (χ1n) is 8.73. The molecule has 0 bridgehead atoms. The van der Waals surface area contributed by atoms with E-state index in [1.165, 1.54) is 4.88 Å². The van der Waals surface area contributed by atoms with E-state index >= 15 is 0 Å². The second-order valence-electron chi connectivity index (χ2n) is 6.08. The topological polar surface area (TPSA) is 62.0 Å². The molecule has 5 nitrogen and oxygen atoms in total. The molecule has 1 aromatic carbocycles. The monoisotopic (exact) mass is 366 g/mol. The Morgan fingerprint density at radius 3 is 2.58 bits per heavy atom. The van der Waals surface area contributed by atoms with E-state index in [-0.39, 0.29) is 0 Å². The fourth-order valence-corrected chi connectivity index (χ4v) is 3.84. The standard InChI is InChI=1S/C20H22N4OS/c1-5-24(6-2)12-17-22-19(18-13(3)14(4)26-20(18)23-17)25-16-10-8-7-9-15(16)11-21/h7-10H,5-6,12H2,1-4H3. The van der Waals surface area contributed by atoms with Crippen molar-refractivity contribution in [3.8, 4) is 17.7 Å². The van der Waals surface area contributed by atoms with Crippen LogP contribution in [0.2, 0.25) is 0 Å². The first-order valence-corrected chi connectivity index (χ1v) is 9.54. The fraction of sp³-hybridized carbons (Fsp3) is 0.350. The van der Waals surface area contributed by atoms with E-state index in [2.05, 4.69) is 38.7 Å². The Balaban J connectivity index is 2.11. The van der Waals surface area contributed by atoms with Crippen molar-refractivity contribution < 1.29 is 4.74 Å². The average Bonchev–Trinajstić information content (AvgIpc) is 2.94. The van der Waals surface area contributed by atoms with Crippen LogP contribution in [0, 0.1) is 25.2 Å². The lowest BCUT2D eigenvalue weighted by Gasteiger charge is -2.17. The maximum absolute atomic E-state index is 9.34. The number of hydrogen-bond acceptors (Lipinski definition) is 6. The van der Waals surface area contributed by atoms with Crippen molar-refractivity contribution in [2.45, 2.75) is 34.2 Å². The molecule has 0 radical (unpaired) electrons. The van der Waals surface area contributed by atoms with Crippen LogP contribution in [0.3, 0.4) is 0 Å². The Hall–Kier alpha value is -2.49. The summed E-state index contributed by atoms with van der Waals surface area (Å²) in [5, 5.41) is 10.3. The van der Waals surface area contributed by atoms with Gasteiger partial charge in [0.1, 0.15) is 22.5 Å². The molecule has 0 unspecified atom stereocenters. The molecule has 0 aliphatic heterocycles. The van der Waals surface area contributed by atoms with Crippen LogP contribution < -0.4 is 4.74 Å². The maximum atomic E-state index is 9.34. The molecule has 2 heterocycles. The van der Waals surface area contributed by atoms with Crippen molar-refractivity contribution in [3.05, 3.63) is 46.1 Å². The van der Waals surface area contributed by atoms with Gasteiger partial charge in [0.25, 0.3) is 0 Å². The first kappa shape index (κ1) is 18.3. The number of ether oxygens (including phenoxy) is 1. The second kappa shape index (κ2) is 7.81. The van der Waals surface area contributed by atoms with Crippen LogP contribution in [0.15, 0.2) is 24.3 Å². The summed E-state index contributed by atoms with van der Waals surface area (Å²) in [6.45, 7) is 10.9. The maximum Gasteiger partial charge on any atom is 0.231 e. The molecule has 3 rings (SSSR count). The van der Waals surface area contributed by atoms with E-state index in [0.29, 0.717) is 23.7 Å². The SMILES string of the molecule is CCN(CC)Cc1nc(Oc2ccccc2C#N)c2c(C)c(C)sc2n1. The Morgan fingerprint density at radius 2 is 1.88 bits per heavy atom. The van der Waals surface area contributed by atoms with Crippen LogP contribution in [0.25, 0.3) is 10.2 Å². The van der Waals surface area contributed by atoms with Crippen LogP contribution in [0.1, 0.15) is 35.7 Å². The highest BCUT2D eigenvalue weighted by Gasteiger charge is 2.18. The van der Waals surface area contributed by atoms with Crippen LogP contribution >= 0.6 is 11.3 Å². The Labute approximate surface area is 157 Å². The van der Waals surface area contributed by atoms with Crippen molar-refractivity contribution in [2.24, 2.45) is 0 Å². The second-order valence-corrected chi connectivity index (χ2v) is 7.28. The van der Waals surface area contributed by atoms with Gasteiger partial charge in [-0.1, -0.05) is 26.0 Å². The number of thiophene rings is 1. The molecule has 2 aromatic heterocycles. The van der Waals surface area contributed by atoms with Crippen molar-refractivity contribution >= 4 is 21.6 Å². The number of rotatable bonds is 6. The van der Waals surface area contributed by atoms with E-state index in [1.54, 1.807) is 23.5 Å². The van der Waals surface area contributed by atoms with Gasteiger partial charge in [0, 0.05) is 4.88 Å². The van der Waals surface area contributed by atoms with Crippen molar-refractivity contribution in [1.29, 1.82) is 5.26 Å². The number of benzene rings is 1. The molecular weight excluding hydrogens is 344 g/mol. The number of para-hydroxylation sites is 1. The summed E-state index contributed by atoms with van der Waals surface area (Å²) in [5.41, 5.74) is 1.62. The lowest BCUT2D eigenvalue weighted by molar-refractivity contribution is 0.287. The Bertz CT molecular complexity index is 970. The normalized spacial score (nSPS) is 11.1. The number of hydrogen-bond donors (Lipinski definition) is 0. The largest absolute Gasteiger partial charge is 0.437 e. The zero-order valence-electron chi connectivity index (χ0n) is 15.5. The summed E-state index contributed by atoms with van der Waals surface area (Å²) < 4.78 is 6.11. The van der Waals surface area contributed by atoms with Gasteiger partial charge in [0.05, 0.1) is 17.5 Å². The predicted octanol–water partition coefficient (Wildman–Crippen LogP) is 4.81. The number of aryl methyl sites for hydroxylation is 2. The summed E-state index contributed by atoms with van der Waals surface area (Å²) in [5.74, 6) is 1.79. The number of fused-ring (bicyclic) bond motifs is 1. The predicted molar refractivity (Wildman–Crippen MR) is 105 cm³/mol. The van der Waals surface area contributed by atoms with Gasteiger partial charge in [-0.25, -0.2) is 4.98 Å². The fourth-order valence-electron chi connectivity index (χ4n) is 2.80. The van der Waals surface area contributed by atoms with Gasteiger partial charge in [-0.15, -0.1) is 11.3 Å². The third-order valence-electron chi connectivity index (χ3n) is 4.52. The summed E-state index contributed by atoms with van der Waals surface area (Å²) >= 11 is 1.66. The van der Waals surface area contributed by atoms with E-state index in [1.807, 2.05) is 12.1 Å². The molecule has 3 aromatic rings. The molecule has 134 valence electrons. The van der Waals surface area contributed by atoms with Gasteiger partial charge >= 0.3 is 0 Å². The third-order valence-corrected chi connectivity index (χ3v) is 5.62. The number of aromatic nitrogens is 2. The smallest absolute Gasteiger partial charge is 0.231 e. The molecule has 6 heteroatoms. The van der Waals surface area contributed by atoms with Crippen molar-refractivity contribution in [3.63, 3.8) is 0 Å². The van der Waals surface area contributed by atoms with Gasteiger partial charge in [0.2, 0.25) is 5.88 Å². The zero-order valence-corrected chi connectivity index (χ0v) is 16.4. The van der Waals surface area contributed by atoms with E-state index < -0.39 is 0 Å². The van der Waals surface area contributed by atoms with E-state index in [4.69, 9.17) is 14.7 Å². The lowest BCUT2D eigenvalue weighted by atomic mass is 10.2. The van der Waals surface area contributed by atoms with Crippen LogP contribution in [0.4, 0.5) is 0 Å². The third kappa shape index (κ3) is 3.55. The molecule has 0 fully saturated rings. The molecule has 26 heavy (non-hydrogen) atoms. The highest BCUT2D eigenvalue weighted by molar-refractivity contribution is 7.18. The van der Waals surface area contributed by atoms with Gasteiger partial charge in [-0.05, 0) is 44.6 Å². The van der Waals surface area contributed by atoms with Crippen LogP contribution in [-0.4, -0.2) is 28.0 Å². The summed E-state index contributed by atoms with van der Waals surface area (Å²) in [6, 6.07) is 9.40. The number of nitriles is 1. The summed E-state index contributed by atoms with van der Waals surface area (Å²) in [6.07, 6.45) is 0. The zero-order chi connectivity index (χ0) is 18.7. The molecule has 0 atom stereocenters. The molecule has 0 amide bonds. The first-order chi connectivity index (χ1) is 12.6. The van der Waals surface area contributed by atoms with Crippen molar-refractivity contribution in [2.75, 3.05) is 13.1 Å². The van der Waals surface area contributed by atoms with E-state index in [9.17, 15) is 5.26 Å². The summed E-state index contributed by atoms with van der Waals surface area (Å²) in [4.78, 5) is 13.9. The molecule has 0 saturated heterocycles. The molecule has 0 N–H and O–H groups in total. The lowest BCUT2D eigenvalue weighted by Crippen LogP contribution is -2.23. The minimum Gasteiger partial charge on any atom is -0.437 e. The van der Waals surface area contributed by atoms with Gasteiger partial charge in [-0.3, -0.25) is 4.90 Å². The van der Waals surface area contributed by atoms with E-state index in [0.717, 1.165) is 34.7 Å². The van der Waals surface area contributed by atoms with Crippen LogP contribution in [-0.2, 0) is 6.54 Å². The minimum absolute atomic E-state index is 0.495. The number of nitrogens with zero attached hydrogens (tertiary/aromatic N) is 4. The molecule has 0 aliphatic carbocycles.